The second-order valence-electron chi connectivity index (χ2n) is 9.01. The fourth-order valence-electron chi connectivity index (χ4n) is 2.48. The van der Waals surface area contributed by atoms with Crippen LogP contribution >= 0.6 is 0 Å². The van der Waals surface area contributed by atoms with Crippen LogP contribution in [-0.2, 0) is 20.4 Å². The van der Waals surface area contributed by atoms with E-state index in [1.165, 1.54) is 11.1 Å². The summed E-state index contributed by atoms with van der Waals surface area (Å²) in [6.07, 6.45) is 1.15. The molecule has 0 aromatic heterocycles. The quantitative estimate of drug-likeness (QED) is 0.374. The first-order valence-electron chi connectivity index (χ1n) is 9.73. The fourth-order valence-corrected chi connectivity index (χ4v) is 2.48. The molecule has 0 spiro atoms. The third-order valence-electron chi connectivity index (χ3n) is 4.46. The molecule has 0 heterocycles. The number of carboxylic acid groups (broad SMARTS) is 1. The lowest BCUT2D eigenvalue weighted by molar-refractivity contribution is -0.130. The molecule has 0 saturated carbocycles. The number of carboxylic acids is 1. The number of rotatable bonds is 4. The number of esters is 1. The number of hydrogen-bond acceptors (Lipinski definition) is 3. The molecule has 160 valence electrons. The van der Waals surface area contributed by atoms with Gasteiger partial charge in [-0.2, -0.15) is 0 Å². The van der Waals surface area contributed by atoms with E-state index in [1.54, 1.807) is 24.3 Å². The van der Waals surface area contributed by atoms with Crippen LogP contribution in [0.25, 0.3) is 5.57 Å². The van der Waals surface area contributed by atoms with Gasteiger partial charge in [0.15, 0.2) is 0 Å². The van der Waals surface area contributed by atoms with Crippen LogP contribution in [0.3, 0.4) is 0 Å². The van der Waals surface area contributed by atoms with Gasteiger partial charge in [-0.25, -0.2) is 9.59 Å². The molecule has 30 heavy (non-hydrogen) atoms. The Bertz CT molecular complexity index is 888. The van der Waals surface area contributed by atoms with Crippen LogP contribution in [0.4, 0.5) is 0 Å². The predicted octanol–water partition coefficient (Wildman–Crippen LogP) is 6.16. The van der Waals surface area contributed by atoms with Crippen LogP contribution in [-0.4, -0.2) is 17.0 Å². The minimum Gasteiger partial charge on any atom is -0.478 e. The zero-order valence-electron chi connectivity index (χ0n) is 18.8. The van der Waals surface area contributed by atoms with Crippen LogP contribution in [0.2, 0.25) is 0 Å². The number of benzene rings is 2. The molecule has 0 aliphatic carbocycles. The van der Waals surface area contributed by atoms with Crippen molar-refractivity contribution < 1.29 is 19.4 Å². The summed E-state index contributed by atoms with van der Waals surface area (Å²) in [5, 5.41) is 8.77. The van der Waals surface area contributed by atoms with Crippen LogP contribution < -0.4 is 4.74 Å². The molecule has 0 bridgehead atoms. The summed E-state index contributed by atoms with van der Waals surface area (Å²) in [6, 6.07) is 15.0. The number of carbonyl (C=O) groups is 2. The van der Waals surface area contributed by atoms with E-state index in [0.29, 0.717) is 11.3 Å². The van der Waals surface area contributed by atoms with Gasteiger partial charge in [0.05, 0.1) is 5.57 Å². The van der Waals surface area contributed by atoms with Gasteiger partial charge in [-0.15, -0.1) is 0 Å². The van der Waals surface area contributed by atoms with Crippen molar-refractivity contribution in [3.05, 3.63) is 84.5 Å². The summed E-state index contributed by atoms with van der Waals surface area (Å²) < 4.78 is 4.97. The summed E-state index contributed by atoms with van der Waals surface area (Å²) in [5.41, 5.74) is 3.39. The zero-order valence-corrected chi connectivity index (χ0v) is 18.8. The number of ether oxygens (including phenoxy) is 1. The summed E-state index contributed by atoms with van der Waals surface area (Å²) in [4.78, 5) is 21.6. The monoisotopic (exact) mass is 408 g/mol. The smallest absolute Gasteiger partial charge is 0.335 e. The topological polar surface area (TPSA) is 63.6 Å². The van der Waals surface area contributed by atoms with E-state index >= 15 is 0 Å². The Hall–Kier alpha value is -3.14. The van der Waals surface area contributed by atoms with E-state index in [2.05, 4.69) is 54.7 Å². The molecular weight excluding hydrogens is 376 g/mol. The van der Waals surface area contributed by atoms with Crippen LogP contribution in [0.15, 0.2) is 67.8 Å². The van der Waals surface area contributed by atoms with E-state index in [4.69, 9.17) is 9.84 Å². The minimum atomic E-state index is -0.974. The standard InChI is InChI=1S/2C13H16O2/c1-9(12(14)15)10-5-7-11(8-6-10)13(2,3)4;1-5-12(14)15-11-8-6-10(7-9-11)13(2,3)4/h5-8H,1H2,2-4H3,(H,14,15);5-9H,1H2,2-4H3. The van der Waals surface area contributed by atoms with Gasteiger partial charge >= 0.3 is 11.9 Å². The molecule has 0 aliphatic heterocycles. The zero-order chi connectivity index (χ0) is 23.1. The third-order valence-corrected chi connectivity index (χ3v) is 4.46. The molecular formula is C26H32O4. The van der Waals surface area contributed by atoms with Crippen molar-refractivity contribution in [1.82, 2.24) is 0 Å². The molecule has 2 rings (SSSR count). The number of hydrogen-bond donors (Lipinski definition) is 1. The first-order chi connectivity index (χ1) is 13.8. The SMILES string of the molecule is C=C(C(=O)O)c1ccc(C(C)(C)C)cc1.C=CC(=O)Oc1ccc(C(C)(C)C)cc1. The Kier molecular flexibility index (Phi) is 8.35. The number of carbonyl (C=O) groups excluding carboxylic acids is 1. The normalized spacial score (nSPS) is 11.0. The summed E-state index contributed by atoms with van der Waals surface area (Å²) in [6.45, 7) is 19.6. The maximum atomic E-state index is 10.9. The Balaban J connectivity index is 0.000000300. The largest absolute Gasteiger partial charge is 0.478 e. The van der Waals surface area contributed by atoms with Crippen molar-refractivity contribution in [2.75, 3.05) is 0 Å². The van der Waals surface area contributed by atoms with Gasteiger partial charge in [0.25, 0.3) is 0 Å². The Morgan fingerprint density at radius 1 is 0.833 bits per heavy atom. The highest BCUT2D eigenvalue weighted by Crippen LogP contribution is 2.25. The molecule has 0 atom stereocenters. The second-order valence-corrected chi connectivity index (χ2v) is 9.01. The molecule has 1 N–H and O–H groups in total. The van der Waals surface area contributed by atoms with E-state index in [9.17, 15) is 9.59 Å². The van der Waals surface area contributed by atoms with Crippen LogP contribution in [0, 0.1) is 0 Å². The van der Waals surface area contributed by atoms with E-state index in [0.717, 1.165) is 6.08 Å². The van der Waals surface area contributed by atoms with Gasteiger partial charge < -0.3 is 9.84 Å². The molecule has 2 aromatic rings. The molecule has 4 nitrogen and oxygen atoms in total. The Labute approximate surface area is 179 Å². The highest BCUT2D eigenvalue weighted by molar-refractivity contribution is 6.14. The lowest BCUT2D eigenvalue weighted by Crippen LogP contribution is -2.11. The highest BCUT2D eigenvalue weighted by Gasteiger charge is 2.14. The van der Waals surface area contributed by atoms with Crippen molar-refractivity contribution in [2.45, 2.75) is 52.4 Å². The van der Waals surface area contributed by atoms with Crippen LogP contribution in [0.1, 0.15) is 58.2 Å². The lowest BCUT2D eigenvalue weighted by Gasteiger charge is -2.19. The van der Waals surface area contributed by atoms with Gasteiger partial charge in [0, 0.05) is 6.08 Å². The van der Waals surface area contributed by atoms with Crippen molar-refractivity contribution in [2.24, 2.45) is 0 Å². The van der Waals surface area contributed by atoms with E-state index < -0.39 is 11.9 Å². The summed E-state index contributed by atoms with van der Waals surface area (Å²) in [7, 11) is 0. The molecule has 0 aliphatic rings. The average molecular weight is 409 g/mol. The van der Waals surface area contributed by atoms with Crippen molar-refractivity contribution in [1.29, 1.82) is 0 Å². The summed E-state index contributed by atoms with van der Waals surface area (Å²) >= 11 is 0. The summed E-state index contributed by atoms with van der Waals surface area (Å²) in [5.74, 6) is -0.857. The second kappa shape index (κ2) is 10.1. The molecule has 0 radical (unpaired) electrons. The Morgan fingerprint density at radius 2 is 1.23 bits per heavy atom. The first kappa shape index (κ1) is 24.9. The molecule has 2 aromatic carbocycles. The maximum absolute atomic E-state index is 10.9. The fraction of sp³-hybridized carbons (Fsp3) is 0.308. The van der Waals surface area contributed by atoms with Gasteiger partial charge in [0.2, 0.25) is 0 Å². The van der Waals surface area contributed by atoms with Crippen molar-refractivity contribution in [3.8, 4) is 5.75 Å². The minimum absolute atomic E-state index is 0.0864. The lowest BCUT2D eigenvalue weighted by atomic mass is 9.86. The van der Waals surface area contributed by atoms with Crippen molar-refractivity contribution >= 4 is 17.5 Å². The molecule has 4 heteroatoms. The van der Waals surface area contributed by atoms with Gasteiger partial charge in [0.1, 0.15) is 5.75 Å². The number of aliphatic carboxylic acids is 1. The molecule has 0 saturated heterocycles. The van der Waals surface area contributed by atoms with Gasteiger partial charge in [-0.05, 0) is 39.7 Å². The molecule has 0 amide bonds. The Morgan fingerprint density at radius 3 is 1.57 bits per heavy atom. The third kappa shape index (κ3) is 7.70. The van der Waals surface area contributed by atoms with E-state index in [1.807, 2.05) is 24.3 Å². The molecule has 0 unspecified atom stereocenters. The average Bonchev–Trinajstić information content (AvgIpc) is 2.67. The predicted molar refractivity (Wildman–Crippen MR) is 123 cm³/mol. The first-order valence-corrected chi connectivity index (χ1v) is 9.73. The highest BCUT2D eigenvalue weighted by atomic mass is 16.5. The van der Waals surface area contributed by atoms with E-state index in [-0.39, 0.29) is 16.4 Å². The maximum Gasteiger partial charge on any atom is 0.335 e. The van der Waals surface area contributed by atoms with Crippen molar-refractivity contribution in [3.63, 3.8) is 0 Å². The van der Waals surface area contributed by atoms with Crippen LogP contribution in [0.5, 0.6) is 5.75 Å². The molecule has 0 fully saturated rings. The van der Waals surface area contributed by atoms with Gasteiger partial charge in [-0.3, -0.25) is 0 Å². The van der Waals surface area contributed by atoms with Gasteiger partial charge in [-0.1, -0.05) is 91.1 Å².